The van der Waals surface area contributed by atoms with Crippen LogP contribution in [0.3, 0.4) is 0 Å². The van der Waals surface area contributed by atoms with E-state index < -0.39 is 0 Å². The molecule has 3 heterocycles. The number of thiophene rings is 1. The lowest BCUT2D eigenvalue weighted by Crippen LogP contribution is -2.60. The summed E-state index contributed by atoms with van der Waals surface area (Å²) in [6.45, 7) is 18.6. The van der Waals surface area contributed by atoms with Gasteiger partial charge in [-0.25, -0.2) is 0 Å². The lowest BCUT2D eigenvalue weighted by Gasteiger charge is -2.43. The van der Waals surface area contributed by atoms with Gasteiger partial charge in [0.25, 0.3) is 6.71 Å². The molecular weight excluding hydrogens is 876 g/mol. The molecule has 0 saturated heterocycles. The van der Waals surface area contributed by atoms with Crippen LogP contribution in [0.4, 0.5) is 34.1 Å². The third kappa shape index (κ3) is 6.90. The molecule has 2 aliphatic rings. The number of hydrogen-bond donors (Lipinski definition) is 0. The first-order valence-electron chi connectivity index (χ1n) is 25.4. The Labute approximate surface area is 422 Å². The first-order valence-corrected chi connectivity index (χ1v) is 26.2. The molecular formula is C67H57BN2S. The Hall–Kier alpha value is -7.40. The fourth-order valence-corrected chi connectivity index (χ4v) is 13.0. The van der Waals surface area contributed by atoms with E-state index in [2.05, 4.69) is 259 Å². The molecule has 2 aliphatic heterocycles. The molecule has 344 valence electrons. The average molecular weight is 933 g/mol. The van der Waals surface area contributed by atoms with Gasteiger partial charge in [-0.05, 0) is 154 Å². The molecule has 4 heteroatoms. The third-order valence-electron chi connectivity index (χ3n) is 15.5. The number of hydrogen-bond acceptors (Lipinski definition) is 3. The third-order valence-corrected chi connectivity index (χ3v) is 16.8. The van der Waals surface area contributed by atoms with Gasteiger partial charge < -0.3 is 9.80 Å². The SMILES string of the molecule is CC(C)c1ccc(N2c3cccc4c3B(c3ccc(-c5ccccc5)cc3N4c3ccc(C(C)(C)C)cc3-c3ccc4c5ccccc5c5ccccc5c4c3)c3sc4ccc(C(C)(C)C)cc4c32)cc1. The van der Waals surface area contributed by atoms with Gasteiger partial charge in [0.05, 0.1) is 11.4 Å². The molecule has 2 nitrogen and oxygen atoms in total. The van der Waals surface area contributed by atoms with Crippen molar-refractivity contribution in [1.29, 1.82) is 0 Å². The molecule has 0 unspecified atom stereocenters. The maximum absolute atomic E-state index is 2.62. The van der Waals surface area contributed by atoms with Crippen molar-refractivity contribution in [2.24, 2.45) is 0 Å². The highest BCUT2D eigenvalue weighted by atomic mass is 32.1. The first-order chi connectivity index (χ1) is 34.3. The van der Waals surface area contributed by atoms with E-state index in [-0.39, 0.29) is 17.5 Å². The summed E-state index contributed by atoms with van der Waals surface area (Å²) in [5.41, 5.74) is 18.8. The van der Waals surface area contributed by atoms with Gasteiger partial charge in [-0.1, -0.05) is 189 Å². The van der Waals surface area contributed by atoms with Crippen LogP contribution in [0.1, 0.15) is 78.0 Å². The molecule has 0 amide bonds. The van der Waals surface area contributed by atoms with Gasteiger partial charge in [-0.2, -0.15) is 0 Å². The van der Waals surface area contributed by atoms with Gasteiger partial charge in [-0.3, -0.25) is 0 Å². The van der Waals surface area contributed by atoms with E-state index in [1.165, 1.54) is 131 Å². The minimum absolute atomic E-state index is 0.00441. The van der Waals surface area contributed by atoms with Gasteiger partial charge in [0.1, 0.15) is 0 Å². The minimum Gasteiger partial charge on any atom is -0.311 e. The zero-order valence-corrected chi connectivity index (χ0v) is 42.7. The van der Waals surface area contributed by atoms with E-state index >= 15 is 0 Å². The Bertz CT molecular complexity index is 3910. The summed E-state index contributed by atoms with van der Waals surface area (Å²) < 4.78 is 2.71. The standard InChI is InChI=1S/C67H57BN2S/c1-41(2)42-25-31-48(32-26-42)69-59-23-16-24-60-63(59)68(65-64(69)56-40-47(67(6,7)8)30-36-62(56)71-65)57-34-28-44(43-17-10-9-11-18-43)38-61(57)70(60)58-35-29-46(66(3,4)5)39-54(58)45-27-33-53-51-21-13-12-19-49(51)50-20-14-15-22-52(50)55(53)37-45/h9-41H,1-8H3. The van der Waals surface area contributed by atoms with Crippen molar-refractivity contribution in [2.75, 3.05) is 9.80 Å². The number of nitrogens with zero attached hydrogens (tertiary/aromatic N) is 2. The van der Waals surface area contributed by atoms with Crippen molar-refractivity contribution in [3.8, 4) is 22.3 Å². The second-order valence-electron chi connectivity index (χ2n) is 22.3. The molecule has 0 aliphatic carbocycles. The van der Waals surface area contributed by atoms with E-state index in [0.29, 0.717) is 5.92 Å². The predicted molar refractivity (Wildman–Crippen MR) is 311 cm³/mol. The number of fused-ring (bicyclic) bond motifs is 12. The highest BCUT2D eigenvalue weighted by Crippen LogP contribution is 2.51. The number of anilines is 6. The molecule has 10 aromatic carbocycles. The Morgan fingerprint density at radius 3 is 1.68 bits per heavy atom. The van der Waals surface area contributed by atoms with Crippen molar-refractivity contribution >= 4 is 110 Å². The highest BCUT2D eigenvalue weighted by Gasteiger charge is 2.45. The van der Waals surface area contributed by atoms with Gasteiger partial charge >= 0.3 is 0 Å². The second kappa shape index (κ2) is 16.1. The maximum Gasteiger partial charge on any atom is 0.264 e. The summed E-state index contributed by atoms with van der Waals surface area (Å²) in [6.07, 6.45) is 0. The molecule has 1 aromatic heterocycles. The van der Waals surface area contributed by atoms with Crippen LogP contribution in [0.5, 0.6) is 0 Å². The van der Waals surface area contributed by atoms with E-state index in [1.807, 2.05) is 11.3 Å². The van der Waals surface area contributed by atoms with Crippen LogP contribution >= 0.6 is 11.3 Å². The zero-order valence-electron chi connectivity index (χ0n) is 41.9. The van der Waals surface area contributed by atoms with Crippen LogP contribution in [-0.4, -0.2) is 6.71 Å². The fourth-order valence-electron chi connectivity index (χ4n) is 11.7. The molecule has 0 radical (unpaired) electrons. The monoisotopic (exact) mass is 932 g/mol. The van der Waals surface area contributed by atoms with E-state index in [9.17, 15) is 0 Å². The van der Waals surface area contributed by atoms with Crippen LogP contribution < -0.4 is 25.5 Å². The topological polar surface area (TPSA) is 6.48 Å². The van der Waals surface area contributed by atoms with Crippen LogP contribution in [0.2, 0.25) is 0 Å². The Balaban J connectivity index is 1.12. The lowest BCUT2D eigenvalue weighted by atomic mass is 9.36. The van der Waals surface area contributed by atoms with Gasteiger partial charge in [0.2, 0.25) is 0 Å². The molecule has 0 saturated carbocycles. The Morgan fingerprint density at radius 2 is 1.01 bits per heavy atom. The summed E-state index contributed by atoms with van der Waals surface area (Å²) in [7, 11) is 0. The van der Waals surface area contributed by atoms with E-state index in [4.69, 9.17) is 0 Å². The molecule has 13 rings (SSSR count). The van der Waals surface area contributed by atoms with Crippen LogP contribution in [0.25, 0.3) is 64.7 Å². The Kier molecular flexibility index (Phi) is 9.87. The van der Waals surface area contributed by atoms with Crippen molar-refractivity contribution in [1.82, 2.24) is 0 Å². The van der Waals surface area contributed by atoms with Crippen molar-refractivity contribution in [2.45, 2.75) is 72.1 Å². The van der Waals surface area contributed by atoms with Crippen LogP contribution in [-0.2, 0) is 10.8 Å². The predicted octanol–water partition coefficient (Wildman–Crippen LogP) is 17.5. The summed E-state index contributed by atoms with van der Waals surface area (Å²) in [6, 6.07) is 74.2. The summed E-state index contributed by atoms with van der Waals surface area (Å²) in [4.78, 5) is 5.22. The summed E-state index contributed by atoms with van der Waals surface area (Å²) >= 11 is 1.97. The van der Waals surface area contributed by atoms with Crippen LogP contribution in [0, 0.1) is 0 Å². The van der Waals surface area contributed by atoms with Crippen LogP contribution in [0.15, 0.2) is 194 Å². The smallest absolute Gasteiger partial charge is 0.264 e. The first kappa shape index (κ1) is 43.6. The summed E-state index contributed by atoms with van der Waals surface area (Å²) in [5, 5.41) is 9.03. The number of rotatable bonds is 5. The lowest BCUT2D eigenvalue weighted by molar-refractivity contribution is 0.590. The molecule has 0 bridgehead atoms. The van der Waals surface area contributed by atoms with Gasteiger partial charge in [0.15, 0.2) is 0 Å². The quantitative estimate of drug-likeness (QED) is 0.125. The maximum atomic E-state index is 2.62. The Morgan fingerprint density at radius 1 is 0.423 bits per heavy atom. The van der Waals surface area contributed by atoms with Gasteiger partial charge in [0, 0.05) is 43.2 Å². The molecule has 0 spiro atoms. The normalized spacial score (nSPS) is 13.4. The summed E-state index contributed by atoms with van der Waals surface area (Å²) in [5.74, 6) is 0.441. The number of benzene rings is 10. The fraction of sp³-hybridized carbons (Fsp3) is 0.164. The molecule has 0 fully saturated rings. The molecule has 71 heavy (non-hydrogen) atoms. The molecule has 0 N–H and O–H groups in total. The molecule has 0 atom stereocenters. The van der Waals surface area contributed by atoms with Crippen molar-refractivity contribution in [3.05, 3.63) is 211 Å². The zero-order chi connectivity index (χ0) is 48.5. The van der Waals surface area contributed by atoms with Crippen molar-refractivity contribution in [3.63, 3.8) is 0 Å². The second-order valence-corrected chi connectivity index (χ2v) is 23.4. The average Bonchev–Trinajstić information content (AvgIpc) is 3.77. The van der Waals surface area contributed by atoms with Crippen molar-refractivity contribution < 1.29 is 0 Å². The highest BCUT2D eigenvalue weighted by molar-refractivity contribution is 7.33. The molecule has 11 aromatic rings. The van der Waals surface area contributed by atoms with E-state index in [0.717, 1.165) is 0 Å². The van der Waals surface area contributed by atoms with E-state index in [1.54, 1.807) is 0 Å². The largest absolute Gasteiger partial charge is 0.311 e. The van der Waals surface area contributed by atoms with Gasteiger partial charge in [-0.15, -0.1) is 11.3 Å². The minimum atomic E-state index is -0.0691.